The number of fused-ring (bicyclic) bond motifs is 1. The van der Waals surface area contributed by atoms with Gasteiger partial charge in [0.2, 0.25) is 5.91 Å². The molecule has 0 saturated carbocycles. The third kappa shape index (κ3) is 3.91. The zero-order valence-electron chi connectivity index (χ0n) is 14.2. The molecule has 0 spiro atoms. The summed E-state index contributed by atoms with van der Waals surface area (Å²) in [6.07, 6.45) is 1.14. The Morgan fingerprint density at radius 1 is 1.36 bits per heavy atom. The number of benzene rings is 1. The Kier molecular flexibility index (Phi) is 5.29. The van der Waals surface area contributed by atoms with E-state index in [0.717, 1.165) is 23.5 Å². The van der Waals surface area contributed by atoms with Gasteiger partial charge in [-0.3, -0.25) is 9.69 Å². The first-order valence-corrected chi connectivity index (χ1v) is 7.74. The summed E-state index contributed by atoms with van der Waals surface area (Å²) in [6, 6.07) is 4.14. The van der Waals surface area contributed by atoms with Crippen LogP contribution in [0.2, 0.25) is 0 Å². The minimum Gasteiger partial charge on any atom is -0.494 e. The van der Waals surface area contributed by atoms with Crippen LogP contribution >= 0.6 is 0 Å². The number of carbonyl (C=O) groups excluding carboxylic acids is 1. The van der Waals surface area contributed by atoms with Crippen LogP contribution in [-0.4, -0.2) is 56.1 Å². The predicted molar refractivity (Wildman–Crippen MR) is 86.4 cm³/mol. The average molecular weight is 306 g/mol. The Hall–Kier alpha value is -1.75. The summed E-state index contributed by atoms with van der Waals surface area (Å²) in [5.41, 5.74) is 2.26. The second-order valence-corrected chi connectivity index (χ2v) is 6.09. The van der Waals surface area contributed by atoms with Gasteiger partial charge in [-0.25, -0.2) is 0 Å². The summed E-state index contributed by atoms with van der Waals surface area (Å²) in [6.45, 7) is 5.71. The molecule has 1 heterocycles. The molecule has 0 saturated heterocycles. The molecule has 0 radical (unpaired) electrons. The van der Waals surface area contributed by atoms with Crippen LogP contribution in [0.15, 0.2) is 12.1 Å². The lowest BCUT2D eigenvalue weighted by atomic mass is 10.1. The summed E-state index contributed by atoms with van der Waals surface area (Å²) in [4.78, 5) is 15.4. The van der Waals surface area contributed by atoms with E-state index in [-0.39, 0.29) is 12.0 Å². The van der Waals surface area contributed by atoms with Crippen molar-refractivity contribution in [2.75, 3.05) is 34.3 Å². The molecule has 1 aliphatic heterocycles. The van der Waals surface area contributed by atoms with Crippen molar-refractivity contribution >= 4 is 5.91 Å². The number of nitrogens with zero attached hydrogens (tertiary/aromatic N) is 2. The fourth-order valence-corrected chi connectivity index (χ4v) is 2.61. The Morgan fingerprint density at radius 2 is 2.09 bits per heavy atom. The van der Waals surface area contributed by atoms with Gasteiger partial charge in [-0.05, 0) is 33.0 Å². The number of likely N-dealkylation sites (N-methyl/N-ethyl adjacent to an activating group) is 2. The van der Waals surface area contributed by atoms with Gasteiger partial charge in [0, 0.05) is 38.2 Å². The van der Waals surface area contributed by atoms with Gasteiger partial charge in [-0.15, -0.1) is 0 Å². The Bertz CT molecular complexity index is 543. The molecule has 0 unspecified atom stereocenters. The fraction of sp³-hybridized carbons (Fsp3) is 0.588. The molecule has 1 atom stereocenters. The summed E-state index contributed by atoms with van der Waals surface area (Å²) < 4.78 is 11.6. The van der Waals surface area contributed by atoms with Crippen molar-refractivity contribution in [1.82, 2.24) is 9.80 Å². The lowest BCUT2D eigenvalue weighted by molar-refractivity contribution is -0.129. The van der Waals surface area contributed by atoms with E-state index in [4.69, 9.17) is 9.47 Å². The van der Waals surface area contributed by atoms with Gasteiger partial charge in [0.05, 0.1) is 13.2 Å². The SMILES string of the molecule is CCOc1cc2c(cc1CN(C)CC(=O)N(C)C)O[C@@H](C)C2. The van der Waals surface area contributed by atoms with Crippen LogP contribution in [-0.2, 0) is 17.8 Å². The van der Waals surface area contributed by atoms with Gasteiger partial charge in [0.25, 0.3) is 0 Å². The van der Waals surface area contributed by atoms with Crippen LogP contribution in [0.3, 0.4) is 0 Å². The van der Waals surface area contributed by atoms with Crippen molar-refractivity contribution in [2.45, 2.75) is 32.9 Å². The van der Waals surface area contributed by atoms with Gasteiger partial charge < -0.3 is 14.4 Å². The van der Waals surface area contributed by atoms with Crippen LogP contribution < -0.4 is 9.47 Å². The van der Waals surface area contributed by atoms with E-state index < -0.39 is 0 Å². The third-order valence-electron chi connectivity index (χ3n) is 3.72. The molecular weight excluding hydrogens is 280 g/mol. The van der Waals surface area contributed by atoms with Crippen LogP contribution in [0.4, 0.5) is 0 Å². The number of hydrogen-bond acceptors (Lipinski definition) is 4. The predicted octanol–water partition coefficient (Wildman–Crippen LogP) is 1.93. The smallest absolute Gasteiger partial charge is 0.236 e. The normalized spacial score (nSPS) is 16.4. The zero-order chi connectivity index (χ0) is 16.3. The molecule has 22 heavy (non-hydrogen) atoms. The molecular formula is C17H26N2O3. The first-order chi connectivity index (χ1) is 10.4. The van der Waals surface area contributed by atoms with Gasteiger partial charge in [-0.2, -0.15) is 0 Å². The first kappa shape index (κ1) is 16.6. The quantitative estimate of drug-likeness (QED) is 0.805. The van der Waals surface area contributed by atoms with Gasteiger partial charge in [0.15, 0.2) is 0 Å². The summed E-state index contributed by atoms with van der Waals surface area (Å²) in [7, 11) is 5.48. The van der Waals surface area contributed by atoms with E-state index in [0.29, 0.717) is 19.7 Å². The summed E-state index contributed by atoms with van der Waals surface area (Å²) in [5.74, 6) is 1.92. The maximum absolute atomic E-state index is 11.8. The van der Waals surface area contributed by atoms with Gasteiger partial charge >= 0.3 is 0 Å². The van der Waals surface area contributed by atoms with Gasteiger partial charge in [0.1, 0.15) is 17.6 Å². The van der Waals surface area contributed by atoms with Crippen LogP contribution in [0, 0.1) is 0 Å². The highest BCUT2D eigenvalue weighted by atomic mass is 16.5. The van der Waals surface area contributed by atoms with Crippen molar-refractivity contribution in [2.24, 2.45) is 0 Å². The van der Waals surface area contributed by atoms with Crippen molar-refractivity contribution in [3.8, 4) is 11.5 Å². The van der Waals surface area contributed by atoms with Crippen molar-refractivity contribution in [1.29, 1.82) is 0 Å². The van der Waals surface area contributed by atoms with Crippen LogP contribution in [0.1, 0.15) is 25.0 Å². The van der Waals surface area contributed by atoms with Crippen molar-refractivity contribution in [3.63, 3.8) is 0 Å². The molecule has 0 fully saturated rings. The molecule has 1 amide bonds. The minimum absolute atomic E-state index is 0.0893. The highest BCUT2D eigenvalue weighted by molar-refractivity contribution is 5.77. The molecule has 2 rings (SSSR count). The summed E-state index contributed by atoms with van der Waals surface area (Å²) >= 11 is 0. The Morgan fingerprint density at radius 3 is 2.73 bits per heavy atom. The minimum atomic E-state index is 0.0893. The molecule has 0 bridgehead atoms. The molecule has 122 valence electrons. The second-order valence-electron chi connectivity index (χ2n) is 6.09. The third-order valence-corrected chi connectivity index (χ3v) is 3.72. The molecule has 1 aromatic carbocycles. The molecule has 5 heteroatoms. The zero-order valence-corrected chi connectivity index (χ0v) is 14.2. The summed E-state index contributed by atoms with van der Waals surface area (Å²) in [5, 5.41) is 0. The first-order valence-electron chi connectivity index (χ1n) is 7.74. The maximum Gasteiger partial charge on any atom is 0.236 e. The number of ether oxygens (including phenoxy) is 2. The largest absolute Gasteiger partial charge is 0.494 e. The Balaban J connectivity index is 2.15. The van der Waals surface area contributed by atoms with Crippen LogP contribution in [0.5, 0.6) is 11.5 Å². The topological polar surface area (TPSA) is 42.0 Å². The molecule has 1 aliphatic rings. The van der Waals surface area contributed by atoms with Gasteiger partial charge in [-0.1, -0.05) is 0 Å². The number of amides is 1. The fourth-order valence-electron chi connectivity index (χ4n) is 2.61. The number of carbonyl (C=O) groups is 1. The molecule has 5 nitrogen and oxygen atoms in total. The standard InChI is InChI=1S/C17H26N2O3/c1-6-21-15-8-13-7-12(2)22-16(13)9-14(15)10-19(5)11-17(20)18(3)4/h8-9,12H,6-7,10-11H2,1-5H3/t12-/m0/s1. The van der Waals surface area contributed by atoms with Crippen molar-refractivity contribution < 1.29 is 14.3 Å². The van der Waals surface area contributed by atoms with E-state index in [1.54, 1.807) is 19.0 Å². The number of rotatable bonds is 6. The second kappa shape index (κ2) is 7.01. The molecule has 1 aromatic rings. The Labute approximate surface area is 132 Å². The highest BCUT2D eigenvalue weighted by Crippen LogP contribution is 2.35. The molecule has 0 aromatic heterocycles. The van der Waals surface area contributed by atoms with E-state index in [2.05, 4.69) is 19.1 Å². The van der Waals surface area contributed by atoms with Crippen molar-refractivity contribution in [3.05, 3.63) is 23.3 Å². The van der Waals surface area contributed by atoms with E-state index in [1.807, 2.05) is 18.9 Å². The number of hydrogen-bond donors (Lipinski definition) is 0. The lowest BCUT2D eigenvalue weighted by Gasteiger charge is -2.21. The molecule has 0 N–H and O–H groups in total. The van der Waals surface area contributed by atoms with E-state index in [1.165, 1.54) is 5.56 Å². The lowest BCUT2D eigenvalue weighted by Crippen LogP contribution is -2.34. The maximum atomic E-state index is 11.8. The van der Waals surface area contributed by atoms with E-state index >= 15 is 0 Å². The highest BCUT2D eigenvalue weighted by Gasteiger charge is 2.22. The van der Waals surface area contributed by atoms with Crippen LogP contribution in [0.25, 0.3) is 0 Å². The monoisotopic (exact) mass is 306 g/mol. The molecule has 0 aliphatic carbocycles. The average Bonchev–Trinajstić information content (AvgIpc) is 2.78. The van der Waals surface area contributed by atoms with E-state index in [9.17, 15) is 4.79 Å².